The van der Waals surface area contributed by atoms with Crippen molar-refractivity contribution in [1.29, 1.82) is 0 Å². The third-order valence-electron chi connectivity index (χ3n) is 2.62. The topological polar surface area (TPSA) is 67.9 Å². The molecular weight excluding hydrogens is 273 g/mol. The van der Waals surface area contributed by atoms with Gasteiger partial charge in [0.25, 0.3) is 0 Å². The average Bonchev–Trinajstić information content (AvgIpc) is 2.44. The molecule has 0 bridgehead atoms. The highest BCUT2D eigenvalue weighted by Crippen LogP contribution is 2.08. The highest BCUT2D eigenvalue weighted by molar-refractivity contribution is 6.00. The molecule has 0 radical (unpaired) electrons. The Morgan fingerprint density at radius 3 is 2.67 bits per heavy atom. The number of nitrogens with zero attached hydrogens (tertiary/aromatic N) is 2. The molecule has 0 atom stereocenters. The second-order valence-electron chi connectivity index (χ2n) is 4.48. The summed E-state index contributed by atoms with van der Waals surface area (Å²) in [6.45, 7) is 2.11. The van der Waals surface area contributed by atoms with Crippen molar-refractivity contribution in [2.24, 2.45) is 10.7 Å². The lowest BCUT2D eigenvalue weighted by Crippen LogP contribution is -2.24. The van der Waals surface area contributed by atoms with E-state index in [4.69, 9.17) is 10.5 Å². The van der Waals surface area contributed by atoms with Crippen molar-refractivity contribution in [2.75, 3.05) is 20.7 Å². The zero-order valence-electron chi connectivity index (χ0n) is 12.5. The van der Waals surface area contributed by atoms with Crippen LogP contribution in [0.25, 0.3) is 0 Å². The first-order chi connectivity index (χ1) is 9.95. The fourth-order valence-electron chi connectivity index (χ4n) is 1.52. The molecule has 0 unspecified atom stereocenters. The minimum Gasteiger partial charge on any atom is -0.461 e. The van der Waals surface area contributed by atoms with Crippen LogP contribution in [0, 0.1) is 5.82 Å². The van der Waals surface area contributed by atoms with Gasteiger partial charge in [0.05, 0.1) is 13.2 Å². The second kappa shape index (κ2) is 8.04. The van der Waals surface area contributed by atoms with Crippen LogP contribution in [0.3, 0.4) is 0 Å². The van der Waals surface area contributed by atoms with Crippen molar-refractivity contribution in [3.05, 3.63) is 47.4 Å². The minimum atomic E-state index is -0.599. The SMILES string of the molecule is CCOC(=O)C(N)=CC(=NCc1ccccc1F)N(C)C. The largest absolute Gasteiger partial charge is 0.461 e. The summed E-state index contributed by atoms with van der Waals surface area (Å²) in [6, 6.07) is 6.40. The van der Waals surface area contributed by atoms with Crippen LogP contribution in [-0.2, 0) is 16.1 Å². The Labute approximate surface area is 123 Å². The summed E-state index contributed by atoms with van der Waals surface area (Å²) in [5.41, 5.74) is 6.07. The molecule has 0 heterocycles. The molecule has 114 valence electrons. The Morgan fingerprint density at radius 1 is 1.43 bits per heavy atom. The number of nitrogens with two attached hydrogens (primary N) is 1. The summed E-state index contributed by atoms with van der Waals surface area (Å²) in [5, 5.41) is 0. The molecule has 0 amide bonds. The minimum absolute atomic E-state index is 0.0437. The standard InChI is InChI=1S/C15H20FN3O2/c1-4-21-15(20)13(17)9-14(19(2)3)18-10-11-7-5-6-8-12(11)16/h5-9H,4,10,17H2,1-3H3. The molecular formula is C15H20FN3O2. The van der Waals surface area contributed by atoms with E-state index in [-0.39, 0.29) is 24.7 Å². The third kappa shape index (κ3) is 5.25. The maximum absolute atomic E-state index is 13.5. The summed E-state index contributed by atoms with van der Waals surface area (Å²) >= 11 is 0. The quantitative estimate of drug-likeness (QED) is 0.388. The van der Waals surface area contributed by atoms with Gasteiger partial charge in [0, 0.05) is 25.7 Å². The highest BCUT2D eigenvalue weighted by atomic mass is 19.1. The zero-order chi connectivity index (χ0) is 15.8. The third-order valence-corrected chi connectivity index (χ3v) is 2.62. The van der Waals surface area contributed by atoms with E-state index in [1.54, 1.807) is 44.1 Å². The van der Waals surface area contributed by atoms with Gasteiger partial charge in [0.2, 0.25) is 0 Å². The molecule has 0 aliphatic carbocycles. The van der Waals surface area contributed by atoms with E-state index in [1.165, 1.54) is 12.1 Å². The van der Waals surface area contributed by atoms with Crippen LogP contribution in [0.2, 0.25) is 0 Å². The number of carbonyl (C=O) groups is 1. The first-order valence-corrected chi connectivity index (χ1v) is 6.55. The van der Waals surface area contributed by atoms with E-state index >= 15 is 0 Å². The van der Waals surface area contributed by atoms with E-state index < -0.39 is 5.97 Å². The van der Waals surface area contributed by atoms with Crippen LogP contribution < -0.4 is 5.73 Å². The Bertz CT molecular complexity index is 554. The van der Waals surface area contributed by atoms with Crippen molar-refractivity contribution in [3.63, 3.8) is 0 Å². The van der Waals surface area contributed by atoms with E-state index in [1.807, 2.05) is 0 Å². The van der Waals surface area contributed by atoms with Gasteiger partial charge >= 0.3 is 5.97 Å². The number of carbonyl (C=O) groups excluding carboxylic acids is 1. The molecule has 2 N–H and O–H groups in total. The number of hydrogen-bond acceptors (Lipinski definition) is 4. The zero-order valence-corrected chi connectivity index (χ0v) is 12.5. The predicted molar refractivity (Wildman–Crippen MR) is 80.1 cm³/mol. The summed E-state index contributed by atoms with van der Waals surface area (Å²) < 4.78 is 18.3. The van der Waals surface area contributed by atoms with Crippen LogP contribution in [0.1, 0.15) is 12.5 Å². The summed E-state index contributed by atoms with van der Waals surface area (Å²) in [7, 11) is 3.52. The number of aliphatic imine (C=N–C) groups is 1. The van der Waals surface area contributed by atoms with Crippen LogP contribution in [-0.4, -0.2) is 37.4 Å². The smallest absolute Gasteiger partial charge is 0.354 e. The normalized spacial score (nSPS) is 12.2. The van der Waals surface area contributed by atoms with E-state index in [0.29, 0.717) is 11.4 Å². The fourth-order valence-corrected chi connectivity index (χ4v) is 1.52. The number of esters is 1. The van der Waals surface area contributed by atoms with Gasteiger partial charge in [-0.3, -0.25) is 4.99 Å². The van der Waals surface area contributed by atoms with Crippen LogP contribution in [0.15, 0.2) is 41.0 Å². The van der Waals surface area contributed by atoms with Crippen molar-refractivity contribution >= 4 is 11.8 Å². The Hall–Kier alpha value is -2.37. The predicted octanol–water partition coefficient (Wildman–Crippen LogP) is 1.69. The Balaban J connectivity index is 2.92. The number of hydrogen-bond donors (Lipinski definition) is 1. The fraction of sp³-hybridized carbons (Fsp3) is 0.333. The maximum Gasteiger partial charge on any atom is 0.354 e. The number of ether oxygens (including phenoxy) is 1. The summed E-state index contributed by atoms with van der Waals surface area (Å²) in [6.07, 6.45) is 1.42. The van der Waals surface area contributed by atoms with E-state index in [9.17, 15) is 9.18 Å². The van der Waals surface area contributed by atoms with Gasteiger partial charge in [-0.25, -0.2) is 9.18 Å². The summed E-state index contributed by atoms with van der Waals surface area (Å²) in [5.74, 6) is -0.455. The second-order valence-corrected chi connectivity index (χ2v) is 4.48. The van der Waals surface area contributed by atoms with Gasteiger partial charge in [-0.1, -0.05) is 18.2 Å². The van der Waals surface area contributed by atoms with Crippen LogP contribution >= 0.6 is 0 Å². The number of benzene rings is 1. The van der Waals surface area contributed by atoms with Crippen LogP contribution in [0.4, 0.5) is 4.39 Å². The monoisotopic (exact) mass is 293 g/mol. The molecule has 0 saturated heterocycles. The van der Waals surface area contributed by atoms with Gasteiger partial charge in [-0.15, -0.1) is 0 Å². The highest BCUT2D eigenvalue weighted by Gasteiger charge is 2.09. The van der Waals surface area contributed by atoms with Crippen LogP contribution in [0.5, 0.6) is 0 Å². The van der Waals surface area contributed by atoms with E-state index in [2.05, 4.69) is 4.99 Å². The Morgan fingerprint density at radius 2 is 2.10 bits per heavy atom. The lowest BCUT2D eigenvalue weighted by atomic mass is 10.2. The molecule has 0 aromatic heterocycles. The molecule has 1 aromatic carbocycles. The molecule has 0 aliphatic heterocycles. The first kappa shape index (κ1) is 16.7. The van der Waals surface area contributed by atoms with Crippen molar-refractivity contribution in [3.8, 4) is 0 Å². The van der Waals surface area contributed by atoms with Gasteiger partial charge in [-0.05, 0) is 13.0 Å². The molecule has 1 aromatic rings. The first-order valence-electron chi connectivity index (χ1n) is 6.55. The number of halogens is 1. The lowest BCUT2D eigenvalue weighted by Gasteiger charge is -2.13. The number of amidine groups is 1. The van der Waals surface area contributed by atoms with Crippen molar-refractivity contribution in [1.82, 2.24) is 4.90 Å². The molecule has 0 spiro atoms. The van der Waals surface area contributed by atoms with Gasteiger partial charge < -0.3 is 15.4 Å². The average molecular weight is 293 g/mol. The van der Waals surface area contributed by atoms with Crippen molar-refractivity contribution < 1.29 is 13.9 Å². The van der Waals surface area contributed by atoms with Crippen molar-refractivity contribution in [2.45, 2.75) is 13.5 Å². The molecule has 1 rings (SSSR count). The van der Waals surface area contributed by atoms with E-state index in [0.717, 1.165) is 0 Å². The Kier molecular flexibility index (Phi) is 6.39. The molecule has 0 saturated carbocycles. The number of likely N-dealkylation sites (N-methyl/N-ethyl adjacent to an activating group) is 1. The molecule has 6 heteroatoms. The summed E-state index contributed by atoms with van der Waals surface area (Å²) in [4.78, 5) is 17.4. The van der Waals surface area contributed by atoms with Gasteiger partial charge in [0.1, 0.15) is 17.3 Å². The molecule has 21 heavy (non-hydrogen) atoms. The molecule has 0 aliphatic rings. The van der Waals surface area contributed by atoms with Gasteiger partial charge in [0.15, 0.2) is 0 Å². The number of rotatable bonds is 5. The van der Waals surface area contributed by atoms with Gasteiger partial charge in [-0.2, -0.15) is 0 Å². The lowest BCUT2D eigenvalue weighted by molar-refractivity contribution is -0.138. The molecule has 5 nitrogen and oxygen atoms in total. The molecule has 0 fully saturated rings. The maximum atomic E-state index is 13.5.